The van der Waals surface area contributed by atoms with Crippen LogP contribution in [-0.2, 0) is 12.8 Å². The third-order valence-electron chi connectivity index (χ3n) is 1.74. The normalized spacial score (nSPS) is 11.8. The maximum Gasteiger partial charge on any atom is 0.416 e. The summed E-state index contributed by atoms with van der Waals surface area (Å²) in [6.07, 6.45) is -4.38. The summed E-state index contributed by atoms with van der Waals surface area (Å²) in [6.45, 7) is 0.992. The predicted molar refractivity (Wildman–Crippen MR) is 42.1 cm³/mol. The van der Waals surface area contributed by atoms with E-state index in [1.165, 1.54) is 6.07 Å². The monoisotopic (exact) mass is 190 g/mol. The minimum Gasteiger partial charge on any atom is -0.392 e. The minimum atomic E-state index is -4.38. The highest BCUT2D eigenvalue weighted by molar-refractivity contribution is 5.33. The number of halogens is 3. The molecule has 72 valence electrons. The Kier molecular flexibility index (Phi) is 2.61. The molecule has 0 spiro atoms. The molecule has 0 saturated heterocycles. The van der Waals surface area contributed by atoms with Crippen LogP contribution in [0.1, 0.15) is 16.7 Å². The number of benzene rings is 1. The van der Waals surface area contributed by atoms with E-state index in [1.807, 2.05) is 0 Å². The first-order valence-corrected chi connectivity index (χ1v) is 3.72. The van der Waals surface area contributed by atoms with Crippen LogP contribution in [0.5, 0.6) is 0 Å². The van der Waals surface area contributed by atoms with E-state index in [1.54, 1.807) is 13.0 Å². The Balaban J connectivity index is 3.24. The van der Waals surface area contributed by atoms with Crippen molar-refractivity contribution in [3.05, 3.63) is 34.9 Å². The molecule has 0 aromatic heterocycles. The summed E-state index contributed by atoms with van der Waals surface area (Å²) in [5, 5.41) is 8.67. The van der Waals surface area contributed by atoms with E-state index in [0.717, 1.165) is 6.07 Å². The van der Waals surface area contributed by atoms with Crippen molar-refractivity contribution in [1.82, 2.24) is 0 Å². The molecular formula is C9H9F3O. The first kappa shape index (κ1) is 10.1. The number of aliphatic hydroxyl groups is 1. The van der Waals surface area contributed by atoms with Crippen molar-refractivity contribution in [3.63, 3.8) is 0 Å². The van der Waals surface area contributed by atoms with Crippen LogP contribution in [0.15, 0.2) is 18.2 Å². The van der Waals surface area contributed by atoms with E-state index < -0.39 is 18.3 Å². The molecule has 4 heteroatoms. The fourth-order valence-corrected chi connectivity index (χ4v) is 1.09. The maximum absolute atomic E-state index is 12.3. The van der Waals surface area contributed by atoms with Crippen molar-refractivity contribution in [2.45, 2.75) is 19.7 Å². The SMILES string of the molecule is Cc1ccc(CO)c(C(F)(F)F)c1. The summed E-state index contributed by atoms with van der Waals surface area (Å²) >= 11 is 0. The summed E-state index contributed by atoms with van der Waals surface area (Å²) in [6, 6.07) is 3.87. The molecule has 0 aliphatic carbocycles. The van der Waals surface area contributed by atoms with Gasteiger partial charge < -0.3 is 5.11 Å². The van der Waals surface area contributed by atoms with Crippen molar-refractivity contribution in [1.29, 1.82) is 0 Å². The first-order valence-electron chi connectivity index (χ1n) is 3.72. The summed E-state index contributed by atoms with van der Waals surface area (Å²) in [4.78, 5) is 0. The van der Waals surface area contributed by atoms with Gasteiger partial charge in [-0.25, -0.2) is 0 Å². The third-order valence-corrected chi connectivity index (χ3v) is 1.74. The van der Waals surface area contributed by atoms with Crippen molar-refractivity contribution >= 4 is 0 Å². The van der Waals surface area contributed by atoms with E-state index in [-0.39, 0.29) is 5.56 Å². The van der Waals surface area contributed by atoms with E-state index >= 15 is 0 Å². The van der Waals surface area contributed by atoms with Gasteiger partial charge in [0.05, 0.1) is 12.2 Å². The lowest BCUT2D eigenvalue weighted by molar-refractivity contribution is -0.138. The zero-order valence-electron chi connectivity index (χ0n) is 7.02. The Bertz CT molecular complexity index is 304. The molecule has 13 heavy (non-hydrogen) atoms. The van der Waals surface area contributed by atoms with Crippen molar-refractivity contribution < 1.29 is 18.3 Å². The Morgan fingerprint density at radius 1 is 1.31 bits per heavy atom. The molecule has 1 N–H and O–H groups in total. The molecular weight excluding hydrogens is 181 g/mol. The molecule has 0 aliphatic heterocycles. The van der Waals surface area contributed by atoms with Crippen molar-refractivity contribution in [2.75, 3.05) is 0 Å². The Hall–Kier alpha value is -1.03. The van der Waals surface area contributed by atoms with Crippen LogP contribution in [0.3, 0.4) is 0 Å². The highest BCUT2D eigenvalue weighted by Crippen LogP contribution is 2.32. The van der Waals surface area contributed by atoms with Gasteiger partial charge in [-0.15, -0.1) is 0 Å². The quantitative estimate of drug-likeness (QED) is 0.721. The standard InChI is InChI=1S/C9H9F3O/c1-6-2-3-7(5-13)8(4-6)9(10,11)12/h2-4,13H,5H2,1H3. The Morgan fingerprint density at radius 3 is 2.38 bits per heavy atom. The lowest BCUT2D eigenvalue weighted by atomic mass is 10.0. The molecule has 0 heterocycles. The van der Waals surface area contributed by atoms with Gasteiger partial charge >= 0.3 is 6.18 Å². The Labute approximate surface area is 73.8 Å². The average Bonchev–Trinajstić information content (AvgIpc) is 2.03. The highest BCUT2D eigenvalue weighted by Gasteiger charge is 2.32. The van der Waals surface area contributed by atoms with Gasteiger partial charge in [-0.05, 0) is 18.6 Å². The first-order chi connectivity index (χ1) is 5.95. The molecule has 1 rings (SSSR count). The van der Waals surface area contributed by atoms with Crippen LogP contribution in [0, 0.1) is 6.92 Å². The van der Waals surface area contributed by atoms with Gasteiger partial charge in [0.15, 0.2) is 0 Å². The lowest BCUT2D eigenvalue weighted by Gasteiger charge is -2.11. The van der Waals surface area contributed by atoms with E-state index in [9.17, 15) is 13.2 Å². The molecule has 0 amide bonds. The highest BCUT2D eigenvalue weighted by atomic mass is 19.4. The summed E-state index contributed by atoms with van der Waals surface area (Å²) < 4.78 is 36.9. The van der Waals surface area contributed by atoms with Crippen LogP contribution in [-0.4, -0.2) is 5.11 Å². The number of rotatable bonds is 1. The predicted octanol–water partition coefficient (Wildman–Crippen LogP) is 2.51. The van der Waals surface area contributed by atoms with E-state index in [2.05, 4.69) is 0 Å². The third kappa shape index (κ3) is 2.21. The van der Waals surface area contributed by atoms with Crippen LogP contribution < -0.4 is 0 Å². The number of hydrogen-bond donors (Lipinski definition) is 1. The second kappa shape index (κ2) is 3.38. The molecule has 1 nitrogen and oxygen atoms in total. The number of aliphatic hydroxyl groups excluding tert-OH is 1. The van der Waals surface area contributed by atoms with Gasteiger partial charge in [0.1, 0.15) is 0 Å². The summed E-state index contributed by atoms with van der Waals surface area (Å²) in [5.41, 5.74) is -0.308. The fourth-order valence-electron chi connectivity index (χ4n) is 1.09. The molecule has 0 unspecified atom stereocenters. The number of alkyl halides is 3. The molecule has 0 saturated carbocycles. The molecule has 1 aromatic carbocycles. The molecule has 0 fully saturated rings. The van der Waals surface area contributed by atoms with Crippen LogP contribution >= 0.6 is 0 Å². The van der Waals surface area contributed by atoms with Gasteiger partial charge in [-0.3, -0.25) is 0 Å². The summed E-state index contributed by atoms with van der Waals surface area (Å²) in [7, 11) is 0. The van der Waals surface area contributed by atoms with Crippen molar-refractivity contribution in [2.24, 2.45) is 0 Å². The molecule has 1 aromatic rings. The zero-order valence-corrected chi connectivity index (χ0v) is 7.02. The number of hydrogen-bond acceptors (Lipinski definition) is 1. The maximum atomic E-state index is 12.3. The van der Waals surface area contributed by atoms with Gasteiger partial charge in [-0.1, -0.05) is 17.7 Å². The average molecular weight is 190 g/mol. The lowest BCUT2D eigenvalue weighted by Crippen LogP contribution is -2.09. The van der Waals surface area contributed by atoms with Gasteiger partial charge in [0, 0.05) is 0 Å². The van der Waals surface area contributed by atoms with Gasteiger partial charge in [0.25, 0.3) is 0 Å². The fraction of sp³-hybridized carbons (Fsp3) is 0.333. The zero-order chi connectivity index (χ0) is 10.1. The second-order valence-electron chi connectivity index (χ2n) is 2.82. The smallest absolute Gasteiger partial charge is 0.392 e. The molecule has 0 bridgehead atoms. The van der Waals surface area contributed by atoms with Gasteiger partial charge in [0.2, 0.25) is 0 Å². The van der Waals surface area contributed by atoms with E-state index in [4.69, 9.17) is 5.11 Å². The van der Waals surface area contributed by atoms with E-state index in [0.29, 0.717) is 5.56 Å². The second-order valence-corrected chi connectivity index (χ2v) is 2.82. The largest absolute Gasteiger partial charge is 0.416 e. The van der Waals surface area contributed by atoms with Gasteiger partial charge in [-0.2, -0.15) is 13.2 Å². The minimum absolute atomic E-state index is 0.0851. The molecule has 0 atom stereocenters. The molecule has 0 aliphatic rings. The van der Waals surface area contributed by atoms with Crippen molar-refractivity contribution in [3.8, 4) is 0 Å². The van der Waals surface area contributed by atoms with Crippen LogP contribution in [0.4, 0.5) is 13.2 Å². The number of aryl methyl sites for hydroxylation is 1. The van der Waals surface area contributed by atoms with Crippen LogP contribution in [0.2, 0.25) is 0 Å². The Morgan fingerprint density at radius 2 is 1.92 bits per heavy atom. The van der Waals surface area contributed by atoms with Crippen LogP contribution in [0.25, 0.3) is 0 Å². The molecule has 0 radical (unpaired) electrons. The summed E-state index contributed by atoms with van der Waals surface area (Å²) in [5.74, 6) is 0. The topological polar surface area (TPSA) is 20.2 Å².